The van der Waals surface area contributed by atoms with Crippen LogP contribution in [0.1, 0.15) is 41.3 Å². The molecule has 1 fully saturated rings. The van der Waals surface area contributed by atoms with Crippen molar-refractivity contribution in [1.82, 2.24) is 4.90 Å². The monoisotopic (exact) mass is 355 g/mol. The summed E-state index contributed by atoms with van der Waals surface area (Å²) in [6, 6.07) is 14.9. The summed E-state index contributed by atoms with van der Waals surface area (Å²) >= 11 is 0. The predicted octanol–water partition coefficient (Wildman–Crippen LogP) is 3.43. The number of benzene rings is 2. The first-order valence-electron chi connectivity index (χ1n) is 8.90. The number of rotatable bonds is 6. The lowest BCUT2D eigenvalue weighted by Gasteiger charge is -2.27. The van der Waals surface area contributed by atoms with Gasteiger partial charge in [-0.1, -0.05) is 36.4 Å². The molecule has 0 aliphatic carbocycles. The molecule has 1 aliphatic heterocycles. The van der Waals surface area contributed by atoms with E-state index in [0.29, 0.717) is 30.0 Å². The fourth-order valence-corrected chi connectivity index (χ4v) is 3.63. The highest BCUT2D eigenvalue weighted by Crippen LogP contribution is 2.34. The molecule has 0 unspecified atom stereocenters. The highest BCUT2D eigenvalue weighted by Gasteiger charge is 2.33. The Labute approximate surface area is 154 Å². The van der Waals surface area contributed by atoms with Crippen LogP contribution in [-0.4, -0.2) is 42.7 Å². The third kappa shape index (κ3) is 3.68. The minimum absolute atomic E-state index is 0.00798. The molecule has 1 amide bonds. The maximum atomic E-state index is 13.1. The second-order valence-corrected chi connectivity index (χ2v) is 6.50. The number of hydrogen-bond donors (Lipinski definition) is 1. The number of aliphatic hydroxyl groups is 1. The molecule has 0 radical (unpaired) electrons. The van der Waals surface area contributed by atoms with Crippen LogP contribution >= 0.6 is 0 Å². The smallest absolute Gasteiger partial charge is 0.258 e. The van der Waals surface area contributed by atoms with Gasteiger partial charge in [0.05, 0.1) is 25.9 Å². The largest absolute Gasteiger partial charge is 0.493 e. The summed E-state index contributed by atoms with van der Waals surface area (Å²) in [6.07, 6.45) is 1.77. The van der Waals surface area contributed by atoms with E-state index >= 15 is 0 Å². The Balaban J connectivity index is 1.79. The summed E-state index contributed by atoms with van der Waals surface area (Å²) < 4.78 is 10.7. The van der Waals surface area contributed by atoms with Crippen molar-refractivity contribution >= 4 is 5.91 Å². The van der Waals surface area contributed by atoms with E-state index < -0.39 is 6.10 Å². The van der Waals surface area contributed by atoms with Gasteiger partial charge in [0.1, 0.15) is 0 Å². The Morgan fingerprint density at radius 1 is 1.15 bits per heavy atom. The van der Waals surface area contributed by atoms with E-state index in [1.165, 1.54) is 7.11 Å². The number of ether oxygens (including phenoxy) is 2. The summed E-state index contributed by atoms with van der Waals surface area (Å²) in [7, 11) is 3.09. The number of methoxy groups -OCH3 is 2. The SMILES string of the molecule is COc1cccc(C(=O)N2CCC[C@@H]2C[C@H](O)c2ccccc2)c1OC. The van der Waals surface area contributed by atoms with Crippen molar-refractivity contribution in [3.05, 3.63) is 59.7 Å². The maximum absolute atomic E-state index is 13.1. The van der Waals surface area contributed by atoms with Crippen molar-refractivity contribution in [2.75, 3.05) is 20.8 Å². The fourth-order valence-electron chi connectivity index (χ4n) is 3.63. The van der Waals surface area contributed by atoms with Crippen molar-refractivity contribution in [3.8, 4) is 11.5 Å². The van der Waals surface area contributed by atoms with E-state index in [0.717, 1.165) is 18.4 Å². The zero-order chi connectivity index (χ0) is 18.5. The van der Waals surface area contributed by atoms with Gasteiger partial charge in [-0.2, -0.15) is 0 Å². The van der Waals surface area contributed by atoms with Crippen molar-refractivity contribution < 1.29 is 19.4 Å². The van der Waals surface area contributed by atoms with Gasteiger partial charge in [0.2, 0.25) is 0 Å². The molecule has 1 heterocycles. The number of hydrogen-bond acceptors (Lipinski definition) is 4. The molecule has 1 aliphatic rings. The van der Waals surface area contributed by atoms with E-state index in [1.807, 2.05) is 35.2 Å². The minimum Gasteiger partial charge on any atom is -0.493 e. The van der Waals surface area contributed by atoms with Crippen molar-refractivity contribution in [2.24, 2.45) is 0 Å². The van der Waals surface area contributed by atoms with Gasteiger partial charge in [0.25, 0.3) is 5.91 Å². The average molecular weight is 355 g/mol. The fraction of sp³-hybridized carbons (Fsp3) is 0.381. The van der Waals surface area contributed by atoms with Crippen LogP contribution in [0.3, 0.4) is 0 Å². The molecule has 0 spiro atoms. The van der Waals surface area contributed by atoms with Crippen molar-refractivity contribution in [2.45, 2.75) is 31.4 Å². The summed E-state index contributed by atoms with van der Waals surface area (Å²) in [5.74, 6) is 0.913. The molecular formula is C21H25NO4. The van der Waals surface area contributed by atoms with E-state index in [-0.39, 0.29) is 11.9 Å². The predicted molar refractivity (Wildman–Crippen MR) is 99.6 cm³/mol. The molecule has 2 aromatic rings. The van der Waals surface area contributed by atoms with Crippen LogP contribution in [-0.2, 0) is 0 Å². The standard InChI is InChI=1S/C21H25NO4/c1-25-19-12-6-11-17(20(19)26-2)21(24)22-13-7-10-16(22)14-18(23)15-8-4-3-5-9-15/h3-6,8-9,11-12,16,18,23H,7,10,13-14H2,1-2H3/t16-,18+/m1/s1. The molecule has 5 heteroatoms. The number of likely N-dealkylation sites (tertiary alicyclic amines) is 1. The van der Waals surface area contributed by atoms with Crippen LogP contribution < -0.4 is 9.47 Å². The molecule has 2 aromatic carbocycles. The number of carbonyl (C=O) groups is 1. The number of carbonyl (C=O) groups excluding carboxylic acids is 1. The first-order valence-corrected chi connectivity index (χ1v) is 8.90. The minimum atomic E-state index is -0.582. The quantitative estimate of drug-likeness (QED) is 0.862. The molecule has 0 saturated carbocycles. The van der Waals surface area contributed by atoms with E-state index in [2.05, 4.69) is 0 Å². The van der Waals surface area contributed by atoms with Crippen LogP contribution in [0.4, 0.5) is 0 Å². The zero-order valence-electron chi connectivity index (χ0n) is 15.2. The highest BCUT2D eigenvalue weighted by atomic mass is 16.5. The van der Waals surface area contributed by atoms with Crippen molar-refractivity contribution in [1.29, 1.82) is 0 Å². The van der Waals surface area contributed by atoms with Crippen LogP contribution in [0, 0.1) is 0 Å². The third-order valence-electron chi connectivity index (χ3n) is 4.95. The second-order valence-electron chi connectivity index (χ2n) is 6.50. The number of aliphatic hydroxyl groups excluding tert-OH is 1. The number of nitrogens with zero attached hydrogens (tertiary/aromatic N) is 1. The number of para-hydroxylation sites is 1. The van der Waals surface area contributed by atoms with E-state index in [9.17, 15) is 9.90 Å². The van der Waals surface area contributed by atoms with Gasteiger partial charge in [-0.15, -0.1) is 0 Å². The van der Waals surface area contributed by atoms with Crippen LogP contribution in [0.25, 0.3) is 0 Å². The Kier molecular flexibility index (Phi) is 5.78. The zero-order valence-corrected chi connectivity index (χ0v) is 15.2. The van der Waals surface area contributed by atoms with Gasteiger partial charge in [0, 0.05) is 12.6 Å². The third-order valence-corrected chi connectivity index (χ3v) is 4.95. The number of amides is 1. The van der Waals surface area contributed by atoms with Gasteiger partial charge < -0.3 is 19.5 Å². The molecule has 1 saturated heterocycles. The second kappa shape index (κ2) is 8.23. The normalized spacial score (nSPS) is 17.8. The molecule has 26 heavy (non-hydrogen) atoms. The van der Waals surface area contributed by atoms with Crippen molar-refractivity contribution in [3.63, 3.8) is 0 Å². The molecule has 3 rings (SSSR count). The summed E-state index contributed by atoms with van der Waals surface area (Å²) in [4.78, 5) is 15.0. The lowest BCUT2D eigenvalue weighted by atomic mass is 10.00. The lowest BCUT2D eigenvalue weighted by molar-refractivity contribution is 0.0663. The summed E-state index contributed by atoms with van der Waals surface area (Å²) in [5.41, 5.74) is 1.37. The van der Waals surface area contributed by atoms with Crippen LogP contribution in [0.15, 0.2) is 48.5 Å². The first kappa shape index (κ1) is 18.3. The molecule has 138 valence electrons. The average Bonchev–Trinajstić information content (AvgIpc) is 3.15. The van der Waals surface area contributed by atoms with Gasteiger partial charge in [-0.3, -0.25) is 4.79 Å². The molecule has 5 nitrogen and oxygen atoms in total. The Bertz CT molecular complexity index is 747. The van der Waals surface area contributed by atoms with Gasteiger partial charge >= 0.3 is 0 Å². The molecular weight excluding hydrogens is 330 g/mol. The molecule has 0 bridgehead atoms. The summed E-state index contributed by atoms with van der Waals surface area (Å²) in [5, 5.41) is 10.6. The van der Waals surface area contributed by atoms with E-state index in [1.54, 1.807) is 25.3 Å². The molecule has 0 aromatic heterocycles. The Morgan fingerprint density at radius 2 is 1.92 bits per heavy atom. The van der Waals surface area contributed by atoms with E-state index in [4.69, 9.17) is 9.47 Å². The van der Waals surface area contributed by atoms with Crippen LogP contribution in [0.2, 0.25) is 0 Å². The van der Waals surface area contributed by atoms with Gasteiger partial charge in [0.15, 0.2) is 11.5 Å². The molecule has 1 N–H and O–H groups in total. The van der Waals surface area contributed by atoms with Gasteiger partial charge in [-0.05, 0) is 37.0 Å². The molecule has 2 atom stereocenters. The lowest BCUT2D eigenvalue weighted by Crippen LogP contribution is -2.36. The highest BCUT2D eigenvalue weighted by molar-refractivity contribution is 5.98. The Morgan fingerprint density at radius 3 is 2.62 bits per heavy atom. The Hall–Kier alpha value is -2.53. The summed E-state index contributed by atoms with van der Waals surface area (Å²) in [6.45, 7) is 0.686. The van der Waals surface area contributed by atoms with Gasteiger partial charge in [-0.25, -0.2) is 0 Å². The topological polar surface area (TPSA) is 59.0 Å². The van der Waals surface area contributed by atoms with Crippen LogP contribution in [0.5, 0.6) is 11.5 Å². The maximum Gasteiger partial charge on any atom is 0.258 e. The first-order chi connectivity index (χ1) is 12.7.